The number of carbonyl (C=O) groups excluding carboxylic acids is 2. The number of nitrogens with one attached hydrogen (secondary N) is 1. The molecule has 1 N–H and O–H groups in total. The molecular weight excluding hydrogens is 216 g/mol. The van der Waals surface area contributed by atoms with Gasteiger partial charge in [-0.25, -0.2) is 0 Å². The monoisotopic (exact) mass is 240 g/mol. The molecular formula is C13H24N2O2. The predicted molar refractivity (Wildman–Crippen MR) is 67.7 cm³/mol. The molecule has 1 amide bonds. The Morgan fingerprint density at radius 2 is 2.29 bits per heavy atom. The molecule has 0 aromatic rings. The number of unbranched alkanes of at least 4 members (excludes halogenated alkanes) is 1. The van der Waals surface area contributed by atoms with Gasteiger partial charge in [-0.15, -0.1) is 0 Å². The van der Waals surface area contributed by atoms with Crippen LogP contribution >= 0.6 is 0 Å². The number of ketones is 1. The summed E-state index contributed by atoms with van der Waals surface area (Å²) in [5.74, 6) is 0.467. The van der Waals surface area contributed by atoms with Crippen molar-refractivity contribution >= 4 is 11.7 Å². The van der Waals surface area contributed by atoms with Crippen LogP contribution in [0.3, 0.4) is 0 Å². The predicted octanol–water partition coefficient (Wildman–Crippen LogP) is 1.20. The molecule has 1 heterocycles. The van der Waals surface area contributed by atoms with E-state index in [9.17, 15) is 9.59 Å². The van der Waals surface area contributed by atoms with Gasteiger partial charge in [-0.2, -0.15) is 0 Å². The molecule has 1 aliphatic heterocycles. The summed E-state index contributed by atoms with van der Waals surface area (Å²) in [4.78, 5) is 25.4. The van der Waals surface area contributed by atoms with Crippen LogP contribution in [0, 0.1) is 5.92 Å². The van der Waals surface area contributed by atoms with Crippen LogP contribution in [-0.4, -0.2) is 42.3 Å². The van der Waals surface area contributed by atoms with E-state index in [2.05, 4.69) is 17.1 Å². The topological polar surface area (TPSA) is 49.4 Å². The number of likely N-dealkylation sites (tertiary alicyclic amines) is 1. The zero-order valence-corrected chi connectivity index (χ0v) is 11.2. The summed E-state index contributed by atoms with van der Waals surface area (Å²) in [6, 6.07) is -0.123. The van der Waals surface area contributed by atoms with Gasteiger partial charge in [0.2, 0.25) is 5.91 Å². The van der Waals surface area contributed by atoms with Gasteiger partial charge in [0.25, 0.3) is 0 Å². The Hall–Kier alpha value is -0.900. The summed E-state index contributed by atoms with van der Waals surface area (Å²) in [6.07, 6.45) is 2.69. The highest BCUT2D eigenvalue weighted by Gasteiger charge is 2.29. The molecule has 4 heteroatoms. The third-order valence-electron chi connectivity index (χ3n) is 3.46. The fourth-order valence-electron chi connectivity index (χ4n) is 2.10. The van der Waals surface area contributed by atoms with Crippen molar-refractivity contribution in [2.45, 2.75) is 46.1 Å². The molecule has 0 aromatic carbocycles. The molecule has 0 saturated carbocycles. The van der Waals surface area contributed by atoms with Gasteiger partial charge in [0.15, 0.2) is 0 Å². The van der Waals surface area contributed by atoms with Gasteiger partial charge >= 0.3 is 0 Å². The second-order valence-corrected chi connectivity index (χ2v) is 4.93. The van der Waals surface area contributed by atoms with E-state index < -0.39 is 0 Å². The molecule has 2 unspecified atom stereocenters. The molecule has 1 fully saturated rings. The number of piperidine rings is 1. The van der Waals surface area contributed by atoms with Crippen molar-refractivity contribution in [3.63, 3.8) is 0 Å². The third-order valence-corrected chi connectivity index (χ3v) is 3.46. The maximum atomic E-state index is 11.9. The van der Waals surface area contributed by atoms with Gasteiger partial charge in [0.1, 0.15) is 5.78 Å². The van der Waals surface area contributed by atoms with Crippen LogP contribution in [0.2, 0.25) is 0 Å². The lowest BCUT2D eigenvalue weighted by atomic mass is 9.97. The van der Waals surface area contributed by atoms with Crippen molar-refractivity contribution in [3.05, 3.63) is 0 Å². The SMILES string of the molecule is CCCCNC(=O)C(C)N1CCC(=O)C(C)C1. The van der Waals surface area contributed by atoms with E-state index in [4.69, 9.17) is 0 Å². The van der Waals surface area contributed by atoms with E-state index >= 15 is 0 Å². The van der Waals surface area contributed by atoms with Gasteiger partial charge in [0.05, 0.1) is 6.04 Å². The number of carbonyl (C=O) groups is 2. The van der Waals surface area contributed by atoms with Crippen molar-refractivity contribution in [1.29, 1.82) is 0 Å². The maximum absolute atomic E-state index is 11.9. The lowest BCUT2D eigenvalue weighted by molar-refractivity contribution is -0.131. The van der Waals surface area contributed by atoms with Gasteiger partial charge in [-0.05, 0) is 13.3 Å². The average molecular weight is 240 g/mol. The molecule has 1 rings (SSSR count). The first-order chi connectivity index (χ1) is 8.06. The Morgan fingerprint density at radius 3 is 2.88 bits per heavy atom. The van der Waals surface area contributed by atoms with E-state index in [1.807, 2.05) is 13.8 Å². The highest BCUT2D eigenvalue weighted by atomic mass is 16.2. The number of amides is 1. The minimum absolute atomic E-state index is 0.0645. The quantitative estimate of drug-likeness (QED) is 0.735. The lowest BCUT2D eigenvalue weighted by Crippen LogP contribution is -2.50. The standard InChI is InChI=1S/C13H24N2O2/c1-4-5-7-14-13(17)11(3)15-8-6-12(16)10(2)9-15/h10-11H,4-9H2,1-3H3,(H,14,17). The molecule has 98 valence electrons. The van der Waals surface area contributed by atoms with Crippen molar-refractivity contribution in [1.82, 2.24) is 10.2 Å². The van der Waals surface area contributed by atoms with Gasteiger partial charge in [-0.1, -0.05) is 20.3 Å². The summed E-state index contributed by atoms with van der Waals surface area (Å²) in [7, 11) is 0. The second kappa shape index (κ2) is 6.74. The Kier molecular flexibility index (Phi) is 5.62. The number of hydrogen-bond donors (Lipinski definition) is 1. The molecule has 0 radical (unpaired) electrons. The Morgan fingerprint density at radius 1 is 1.59 bits per heavy atom. The molecule has 1 aliphatic rings. The van der Waals surface area contributed by atoms with Crippen LogP contribution in [0.4, 0.5) is 0 Å². The Bertz CT molecular complexity index is 279. The lowest BCUT2D eigenvalue weighted by Gasteiger charge is -2.33. The first kappa shape index (κ1) is 14.2. The highest BCUT2D eigenvalue weighted by Crippen LogP contribution is 2.14. The largest absolute Gasteiger partial charge is 0.355 e. The smallest absolute Gasteiger partial charge is 0.237 e. The zero-order chi connectivity index (χ0) is 12.8. The van der Waals surface area contributed by atoms with Gasteiger partial charge in [-0.3, -0.25) is 14.5 Å². The van der Waals surface area contributed by atoms with Crippen LogP contribution in [0.15, 0.2) is 0 Å². The van der Waals surface area contributed by atoms with Gasteiger partial charge in [0, 0.05) is 32.0 Å². The minimum Gasteiger partial charge on any atom is -0.355 e. The number of Topliss-reactive ketones (excluding diaryl/α,β-unsaturated/α-hetero) is 1. The number of nitrogens with zero attached hydrogens (tertiary/aromatic N) is 1. The Balaban J connectivity index is 2.38. The molecule has 17 heavy (non-hydrogen) atoms. The maximum Gasteiger partial charge on any atom is 0.237 e. The third kappa shape index (κ3) is 4.11. The summed E-state index contributed by atoms with van der Waals surface area (Å²) in [5.41, 5.74) is 0. The minimum atomic E-state index is -0.123. The molecule has 0 aromatic heterocycles. The van der Waals surface area contributed by atoms with Crippen molar-refractivity contribution in [2.75, 3.05) is 19.6 Å². The van der Waals surface area contributed by atoms with Crippen LogP contribution in [0.25, 0.3) is 0 Å². The second-order valence-electron chi connectivity index (χ2n) is 4.93. The summed E-state index contributed by atoms with van der Waals surface area (Å²) in [6.45, 7) is 8.14. The van der Waals surface area contributed by atoms with E-state index in [1.54, 1.807) is 0 Å². The number of hydrogen-bond acceptors (Lipinski definition) is 3. The van der Waals surface area contributed by atoms with Crippen molar-refractivity contribution < 1.29 is 9.59 Å². The number of rotatable bonds is 5. The van der Waals surface area contributed by atoms with E-state index in [0.717, 1.165) is 19.4 Å². The van der Waals surface area contributed by atoms with Crippen LogP contribution in [-0.2, 0) is 9.59 Å². The van der Waals surface area contributed by atoms with Crippen LogP contribution in [0.1, 0.15) is 40.0 Å². The van der Waals surface area contributed by atoms with Crippen molar-refractivity contribution in [2.24, 2.45) is 5.92 Å². The summed E-state index contributed by atoms with van der Waals surface area (Å²) < 4.78 is 0. The molecule has 0 bridgehead atoms. The van der Waals surface area contributed by atoms with Crippen LogP contribution < -0.4 is 5.32 Å². The Labute approximate surface area is 104 Å². The summed E-state index contributed by atoms with van der Waals surface area (Å²) >= 11 is 0. The molecule has 1 saturated heterocycles. The first-order valence-electron chi connectivity index (χ1n) is 6.60. The highest BCUT2D eigenvalue weighted by molar-refractivity contribution is 5.83. The zero-order valence-electron chi connectivity index (χ0n) is 11.2. The first-order valence-corrected chi connectivity index (χ1v) is 6.60. The molecule has 0 aliphatic carbocycles. The van der Waals surface area contributed by atoms with E-state index in [1.165, 1.54) is 0 Å². The molecule has 0 spiro atoms. The molecule has 2 atom stereocenters. The van der Waals surface area contributed by atoms with Gasteiger partial charge < -0.3 is 5.32 Å². The van der Waals surface area contributed by atoms with Crippen LogP contribution in [0.5, 0.6) is 0 Å². The normalized spacial score (nSPS) is 23.5. The summed E-state index contributed by atoms with van der Waals surface area (Å²) in [5, 5.41) is 2.94. The molecule has 4 nitrogen and oxygen atoms in total. The van der Waals surface area contributed by atoms with E-state index in [0.29, 0.717) is 25.3 Å². The fraction of sp³-hybridized carbons (Fsp3) is 0.846. The average Bonchev–Trinajstić information content (AvgIpc) is 2.32. The van der Waals surface area contributed by atoms with E-state index in [-0.39, 0.29) is 17.9 Å². The van der Waals surface area contributed by atoms with Crippen molar-refractivity contribution in [3.8, 4) is 0 Å². The fourth-order valence-corrected chi connectivity index (χ4v) is 2.10.